The van der Waals surface area contributed by atoms with Gasteiger partial charge in [-0.25, -0.2) is 0 Å². The number of carbonyl (C=O) groups excluding carboxylic acids is 1. The Labute approximate surface area is 194 Å². The number of hydrogen-bond acceptors (Lipinski definition) is 6. The van der Waals surface area contributed by atoms with Crippen molar-refractivity contribution in [1.82, 2.24) is 14.8 Å². The fourth-order valence-corrected chi connectivity index (χ4v) is 4.00. The van der Waals surface area contributed by atoms with E-state index < -0.39 is 5.25 Å². The van der Waals surface area contributed by atoms with Crippen LogP contribution in [-0.2, 0) is 11.3 Å². The Hall–Kier alpha value is -3.54. The summed E-state index contributed by atoms with van der Waals surface area (Å²) in [5.41, 5.74) is 1.73. The molecule has 32 heavy (non-hydrogen) atoms. The second kappa shape index (κ2) is 9.73. The number of nitrogens with one attached hydrogen (secondary N) is 1. The van der Waals surface area contributed by atoms with E-state index in [9.17, 15) is 10.1 Å². The topological polar surface area (TPSA) is 96.7 Å². The van der Waals surface area contributed by atoms with Crippen LogP contribution in [0.1, 0.15) is 18.2 Å². The van der Waals surface area contributed by atoms with Crippen molar-refractivity contribution in [3.8, 4) is 17.5 Å². The highest BCUT2D eigenvalue weighted by Gasteiger charge is 2.22. The highest BCUT2D eigenvalue weighted by atomic mass is 35.5. The summed E-state index contributed by atoms with van der Waals surface area (Å²) in [6, 6.07) is 20.0. The molecule has 0 spiro atoms. The summed E-state index contributed by atoms with van der Waals surface area (Å²) in [5, 5.41) is 21.5. The average molecular weight is 464 g/mol. The maximum absolute atomic E-state index is 12.8. The minimum atomic E-state index is -0.487. The average Bonchev–Trinajstić information content (AvgIpc) is 3.45. The van der Waals surface area contributed by atoms with Crippen molar-refractivity contribution in [2.45, 2.75) is 23.9 Å². The monoisotopic (exact) mass is 463 g/mol. The summed E-state index contributed by atoms with van der Waals surface area (Å²) in [4.78, 5) is 12.8. The van der Waals surface area contributed by atoms with Gasteiger partial charge in [-0.3, -0.25) is 9.36 Å². The Morgan fingerprint density at radius 1 is 1.19 bits per heavy atom. The van der Waals surface area contributed by atoms with Crippen molar-refractivity contribution in [2.24, 2.45) is 0 Å². The fourth-order valence-electron chi connectivity index (χ4n) is 3.02. The van der Waals surface area contributed by atoms with Crippen molar-refractivity contribution in [1.29, 1.82) is 5.26 Å². The van der Waals surface area contributed by atoms with Crippen molar-refractivity contribution in [2.75, 3.05) is 5.32 Å². The van der Waals surface area contributed by atoms with Crippen molar-refractivity contribution in [3.05, 3.63) is 83.3 Å². The van der Waals surface area contributed by atoms with E-state index in [1.54, 1.807) is 49.6 Å². The molecule has 1 N–H and O–H groups in total. The normalized spacial score (nSPS) is 11.7. The number of benzene rings is 2. The zero-order chi connectivity index (χ0) is 22.5. The van der Waals surface area contributed by atoms with Crippen LogP contribution < -0.4 is 5.32 Å². The van der Waals surface area contributed by atoms with E-state index in [2.05, 4.69) is 21.6 Å². The highest BCUT2D eigenvalue weighted by molar-refractivity contribution is 8.00. The molecule has 4 aromatic rings. The quantitative estimate of drug-likeness (QED) is 0.377. The first-order chi connectivity index (χ1) is 15.5. The number of anilines is 1. The van der Waals surface area contributed by atoms with Gasteiger partial charge in [-0.2, -0.15) is 5.26 Å². The molecule has 1 amide bonds. The molecule has 160 valence electrons. The molecule has 0 aliphatic rings. The highest BCUT2D eigenvalue weighted by Crippen LogP contribution is 2.29. The van der Waals surface area contributed by atoms with Gasteiger partial charge in [0.05, 0.1) is 29.3 Å². The van der Waals surface area contributed by atoms with Gasteiger partial charge in [-0.1, -0.05) is 35.5 Å². The summed E-state index contributed by atoms with van der Waals surface area (Å²) in [7, 11) is 0. The molecule has 0 radical (unpaired) electrons. The number of nitrogens with zero attached hydrogens (tertiary/aromatic N) is 4. The van der Waals surface area contributed by atoms with Crippen LogP contribution >= 0.6 is 23.4 Å². The summed E-state index contributed by atoms with van der Waals surface area (Å²) in [6.07, 6.45) is 1.61. The van der Waals surface area contributed by atoms with E-state index in [-0.39, 0.29) is 5.91 Å². The van der Waals surface area contributed by atoms with Crippen LogP contribution in [0.2, 0.25) is 5.02 Å². The van der Waals surface area contributed by atoms with E-state index in [0.717, 1.165) is 11.3 Å². The number of halogens is 1. The first-order valence-corrected chi connectivity index (χ1v) is 11.0. The van der Waals surface area contributed by atoms with Crippen molar-refractivity contribution in [3.63, 3.8) is 0 Å². The largest absolute Gasteiger partial charge is 0.467 e. The Bertz CT molecular complexity index is 1260. The molecule has 1 unspecified atom stereocenters. The van der Waals surface area contributed by atoms with Crippen LogP contribution in [-0.4, -0.2) is 25.9 Å². The van der Waals surface area contributed by atoms with Crippen molar-refractivity contribution < 1.29 is 9.21 Å². The van der Waals surface area contributed by atoms with E-state index in [0.29, 0.717) is 33.8 Å². The molecular formula is C23H18ClN5O2S. The van der Waals surface area contributed by atoms with Gasteiger partial charge in [-0.05, 0) is 55.5 Å². The van der Waals surface area contributed by atoms with Crippen LogP contribution in [0, 0.1) is 11.3 Å². The Morgan fingerprint density at radius 3 is 2.69 bits per heavy atom. The summed E-state index contributed by atoms with van der Waals surface area (Å²) in [5.74, 6) is 1.14. The number of carbonyl (C=O) groups is 1. The molecule has 0 aliphatic heterocycles. The van der Waals surface area contributed by atoms with Gasteiger partial charge in [0.2, 0.25) is 5.91 Å². The lowest BCUT2D eigenvalue weighted by Gasteiger charge is -2.14. The minimum absolute atomic E-state index is 0.238. The molecule has 0 bridgehead atoms. The van der Waals surface area contributed by atoms with Gasteiger partial charge in [0.25, 0.3) is 0 Å². The molecule has 9 heteroatoms. The summed E-state index contributed by atoms with van der Waals surface area (Å²) < 4.78 is 7.41. The second-order valence-electron chi connectivity index (χ2n) is 6.89. The van der Waals surface area contributed by atoms with Crippen LogP contribution in [0.15, 0.2) is 76.5 Å². The fraction of sp³-hybridized carbons (Fsp3) is 0.130. The molecule has 2 aromatic carbocycles. The third-order valence-electron chi connectivity index (χ3n) is 4.67. The number of furan rings is 1. The zero-order valence-electron chi connectivity index (χ0n) is 17.0. The molecule has 0 saturated heterocycles. The molecule has 0 fully saturated rings. The third-order valence-corrected chi connectivity index (χ3v) is 6.00. The van der Waals surface area contributed by atoms with Gasteiger partial charge in [-0.15, -0.1) is 10.2 Å². The summed E-state index contributed by atoms with van der Waals surface area (Å²) >= 11 is 7.30. The maximum Gasteiger partial charge on any atom is 0.237 e. The van der Waals surface area contributed by atoms with E-state index in [1.165, 1.54) is 11.8 Å². The maximum atomic E-state index is 12.8. The van der Waals surface area contributed by atoms with Crippen molar-refractivity contribution >= 4 is 35.0 Å². The van der Waals surface area contributed by atoms with Gasteiger partial charge in [0, 0.05) is 10.6 Å². The van der Waals surface area contributed by atoms with Crippen LogP contribution in [0.5, 0.6) is 0 Å². The van der Waals surface area contributed by atoms with Crippen LogP contribution in [0.3, 0.4) is 0 Å². The van der Waals surface area contributed by atoms with Gasteiger partial charge < -0.3 is 9.73 Å². The minimum Gasteiger partial charge on any atom is -0.467 e. The third kappa shape index (κ3) is 4.85. The number of thioether (sulfide) groups is 1. The van der Waals surface area contributed by atoms with Crippen LogP contribution in [0.4, 0.5) is 5.69 Å². The van der Waals surface area contributed by atoms with E-state index in [4.69, 9.17) is 16.0 Å². The van der Waals surface area contributed by atoms with Gasteiger partial charge in [0.15, 0.2) is 11.0 Å². The Kier molecular flexibility index (Phi) is 6.59. The number of nitriles is 1. The smallest absolute Gasteiger partial charge is 0.237 e. The molecule has 1 atom stereocenters. The first-order valence-electron chi connectivity index (χ1n) is 9.73. The van der Waals surface area contributed by atoms with E-state index >= 15 is 0 Å². The lowest BCUT2D eigenvalue weighted by molar-refractivity contribution is -0.115. The second-order valence-corrected chi connectivity index (χ2v) is 8.63. The number of para-hydroxylation sites is 1. The molecule has 0 aliphatic carbocycles. The molecule has 2 aromatic heterocycles. The van der Waals surface area contributed by atoms with Gasteiger partial charge in [0.1, 0.15) is 11.8 Å². The van der Waals surface area contributed by atoms with Gasteiger partial charge >= 0.3 is 0 Å². The van der Waals surface area contributed by atoms with E-state index in [1.807, 2.05) is 28.8 Å². The number of rotatable bonds is 7. The first kappa shape index (κ1) is 21.7. The molecule has 4 rings (SSSR count). The predicted octanol–water partition coefficient (Wildman–Crippen LogP) is 5.23. The Morgan fingerprint density at radius 2 is 1.97 bits per heavy atom. The molecule has 7 nitrogen and oxygen atoms in total. The Balaban J connectivity index is 1.59. The number of aromatic nitrogens is 3. The predicted molar refractivity (Wildman–Crippen MR) is 123 cm³/mol. The van der Waals surface area contributed by atoms with Crippen LogP contribution in [0.25, 0.3) is 11.4 Å². The molecule has 2 heterocycles. The zero-order valence-corrected chi connectivity index (χ0v) is 18.6. The number of hydrogen-bond donors (Lipinski definition) is 1. The lowest BCUT2D eigenvalue weighted by Crippen LogP contribution is -2.23. The number of amides is 1. The molecule has 0 saturated carbocycles. The standard InChI is InChI=1S/C23H18ClN5O2S/c1-15(22(30)26-20-7-3-2-5-17(20)13-25)32-23-28-27-21(16-8-10-18(24)11-9-16)29(23)14-19-6-4-12-31-19/h2-12,15H,14H2,1H3,(H,26,30). The lowest BCUT2D eigenvalue weighted by atomic mass is 10.2. The SMILES string of the molecule is CC(Sc1nnc(-c2ccc(Cl)cc2)n1Cc1ccco1)C(=O)Nc1ccccc1C#N. The molecular weight excluding hydrogens is 446 g/mol. The summed E-state index contributed by atoms with van der Waals surface area (Å²) in [6.45, 7) is 2.19.